The fourth-order valence-corrected chi connectivity index (χ4v) is 1.66. The van der Waals surface area contributed by atoms with Gasteiger partial charge in [-0.25, -0.2) is 0 Å². The Hall–Kier alpha value is -2.67. The number of nitrogen functional groups attached to an aromatic ring is 1. The van der Waals surface area contributed by atoms with Crippen LogP contribution in [0.2, 0.25) is 0 Å². The molecule has 2 N–H and O–H groups in total. The number of anilines is 1. The predicted octanol–water partition coefficient (Wildman–Crippen LogP) is 2.99. The summed E-state index contributed by atoms with van der Waals surface area (Å²) in [6.07, 6.45) is 0.765. The average Bonchev–Trinajstić information content (AvgIpc) is 2.49. The van der Waals surface area contributed by atoms with Crippen LogP contribution in [-0.4, -0.2) is 13.2 Å². The zero-order chi connectivity index (χ0) is 14.2. The summed E-state index contributed by atoms with van der Waals surface area (Å²) in [4.78, 5) is 0. The van der Waals surface area contributed by atoms with Crippen LogP contribution < -0.4 is 15.2 Å². The first-order valence-electron chi connectivity index (χ1n) is 6.39. The number of benzene rings is 2. The summed E-state index contributed by atoms with van der Waals surface area (Å²) in [5.74, 6) is 1.50. The molecular formula is C16H16N2O2. The lowest BCUT2D eigenvalue weighted by molar-refractivity contribution is 0.247. The highest BCUT2D eigenvalue weighted by molar-refractivity contribution is 5.41. The van der Waals surface area contributed by atoms with Gasteiger partial charge < -0.3 is 15.2 Å². The molecule has 0 fully saturated rings. The van der Waals surface area contributed by atoms with Gasteiger partial charge in [-0.2, -0.15) is 5.26 Å². The van der Waals surface area contributed by atoms with Gasteiger partial charge in [0.05, 0.1) is 24.8 Å². The van der Waals surface area contributed by atoms with Crippen LogP contribution in [0.5, 0.6) is 11.5 Å². The Kier molecular flexibility index (Phi) is 4.85. The highest BCUT2D eigenvalue weighted by Gasteiger charge is 1.97. The smallest absolute Gasteiger partial charge is 0.120 e. The van der Waals surface area contributed by atoms with E-state index in [1.54, 1.807) is 30.3 Å². The van der Waals surface area contributed by atoms with Crippen LogP contribution in [0.4, 0.5) is 5.69 Å². The molecule has 102 valence electrons. The summed E-state index contributed by atoms with van der Waals surface area (Å²) in [5.41, 5.74) is 6.91. The molecule has 0 aliphatic heterocycles. The van der Waals surface area contributed by atoms with Crippen molar-refractivity contribution in [2.24, 2.45) is 0 Å². The zero-order valence-corrected chi connectivity index (χ0v) is 11.1. The van der Waals surface area contributed by atoms with Crippen LogP contribution in [0.1, 0.15) is 12.0 Å². The molecule has 0 saturated heterocycles. The van der Waals surface area contributed by atoms with Crippen LogP contribution in [0, 0.1) is 11.3 Å². The maximum atomic E-state index is 8.78. The molecule has 0 heterocycles. The van der Waals surface area contributed by atoms with Gasteiger partial charge in [0.1, 0.15) is 11.5 Å². The molecule has 0 radical (unpaired) electrons. The van der Waals surface area contributed by atoms with E-state index in [0.717, 1.165) is 17.9 Å². The Bertz CT molecular complexity index is 588. The summed E-state index contributed by atoms with van der Waals surface area (Å²) in [6.45, 7) is 1.12. The highest BCUT2D eigenvalue weighted by Crippen LogP contribution is 2.14. The van der Waals surface area contributed by atoms with Crippen molar-refractivity contribution >= 4 is 5.69 Å². The maximum Gasteiger partial charge on any atom is 0.120 e. The van der Waals surface area contributed by atoms with Crippen LogP contribution in [0.3, 0.4) is 0 Å². The van der Waals surface area contributed by atoms with Crippen molar-refractivity contribution in [2.75, 3.05) is 18.9 Å². The monoisotopic (exact) mass is 268 g/mol. The Morgan fingerprint density at radius 3 is 2.35 bits per heavy atom. The minimum atomic E-state index is 0.545. The number of ether oxygens (including phenoxy) is 2. The van der Waals surface area contributed by atoms with Gasteiger partial charge >= 0.3 is 0 Å². The summed E-state index contributed by atoms with van der Waals surface area (Å²) in [7, 11) is 0. The van der Waals surface area contributed by atoms with Gasteiger partial charge in [0.15, 0.2) is 0 Å². The van der Waals surface area contributed by atoms with Crippen LogP contribution in [0.15, 0.2) is 48.5 Å². The first-order valence-corrected chi connectivity index (χ1v) is 6.39. The van der Waals surface area contributed by atoms with Crippen molar-refractivity contribution in [1.82, 2.24) is 0 Å². The van der Waals surface area contributed by atoms with E-state index in [1.807, 2.05) is 18.2 Å². The number of nitrogens with zero attached hydrogens (tertiary/aromatic N) is 1. The molecule has 2 aromatic carbocycles. The van der Waals surface area contributed by atoms with Crippen LogP contribution >= 0.6 is 0 Å². The molecular weight excluding hydrogens is 252 g/mol. The fraction of sp³-hybridized carbons (Fsp3) is 0.188. The van der Waals surface area contributed by atoms with Crippen LogP contribution in [0.25, 0.3) is 0 Å². The molecule has 2 rings (SSSR count). The standard InChI is InChI=1S/C16H16N2O2/c17-12-13-3-1-4-16(11-13)20-10-2-9-19-15-7-5-14(18)6-8-15/h1,3-8,11H,2,9-10,18H2. The molecule has 0 unspecified atom stereocenters. The van der Waals surface area contributed by atoms with Gasteiger partial charge in [0, 0.05) is 12.1 Å². The lowest BCUT2D eigenvalue weighted by atomic mass is 10.2. The van der Waals surface area contributed by atoms with Crippen molar-refractivity contribution in [2.45, 2.75) is 6.42 Å². The second-order valence-electron chi connectivity index (χ2n) is 4.26. The molecule has 20 heavy (non-hydrogen) atoms. The lowest BCUT2D eigenvalue weighted by Crippen LogP contribution is -2.05. The first-order chi connectivity index (χ1) is 9.78. The molecule has 0 saturated carbocycles. The normalized spacial score (nSPS) is 9.75. The maximum absolute atomic E-state index is 8.78. The molecule has 0 atom stereocenters. The van der Waals surface area contributed by atoms with Crippen molar-refractivity contribution < 1.29 is 9.47 Å². The molecule has 0 spiro atoms. The molecule has 0 amide bonds. The van der Waals surface area contributed by atoms with E-state index in [9.17, 15) is 0 Å². The van der Waals surface area contributed by atoms with Crippen molar-refractivity contribution in [3.05, 3.63) is 54.1 Å². The molecule has 0 aliphatic carbocycles. The third-order valence-corrected chi connectivity index (χ3v) is 2.67. The summed E-state index contributed by atoms with van der Waals surface area (Å²) < 4.78 is 11.1. The van der Waals surface area contributed by atoms with Gasteiger partial charge in [-0.3, -0.25) is 0 Å². The Morgan fingerprint density at radius 1 is 0.950 bits per heavy atom. The third-order valence-electron chi connectivity index (χ3n) is 2.67. The first kappa shape index (κ1) is 13.8. The van der Waals surface area contributed by atoms with E-state index in [2.05, 4.69) is 6.07 Å². The van der Waals surface area contributed by atoms with Crippen molar-refractivity contribution in [3.63, 3.8) is 0 Å². The quantitative estimate of drug-likeness (QED) is 0.646. The van der Waals surface area contributed by atoms with E-state index in [4.69, 9.17) is 20.5 Å². The molecule has 4 heteroatoms. The van der Waals surface area contributed by atoms with E-state index in [1.165, 1.54) is 0 Å². The minimum absolute atomic E-state index is 0.545. The van der Waals surface area contributed by atoms with Crippen molar-refractivity contribution in [1.29, 1.82) is 5.26 Å². The number of hydrogen-bond donors (Lipinski definition) is 1. The topological polar surface area (TPSA) is 68.3 Å². The number of rotatable bonds is 6. The van der Waals surface area contributed by atoms with Gasteiger partial charge in [0.2, 0.25) is 0 Å². The second kappa shape index (κ2) is 7.05. The van der Waals surface area contributed by atoms with Gasteiger partial charge in [-0.1, -0.05) is 6.07 Å². The minimum Gasteiger partial charge on any atom is -0.493 e. The van der Waals surface area contributed by atoms with Crippen LogP contribution in [-0.2, 0) is 0 Å². The van der Waals surface area contributed by atoms with E-state index < -0.39 is 0 Å². The SMILES string of the molecule is N#Cc1cccc(OCCCOc2ccc(N)cc2)c1. The van der Waals surface area contributed by atoms with Gasteiger partial charge in [0.25, 0.3) is 0 Å². The summed E-state index contributed by atoms with van der Waals surface area (Å²) >= 11 is 0. The van der Waals surface area contributed by atoms with E-state index in [0.29, 0.717) is 24.5 Å². The second-order valence-corrected chi connectivity index (χ2v) is 4.26. The summed E-state index contributed by atoms with van der Waals surface area (Å²) in [6, 6.07) is 16.5. The third kappa shape index (κ3) is 4.21. The Labute approximate surface area is 118 Å². The number of hydrogen-bond acceptors (Lipinski definition) is 4. The van der Waals surface area contributed by atoms with Gasteiger partial charge in [-0.05, 0) is 42.5 Å². The van der Waals surface area contributed by atoms with E-state index in [-0.39, 0.29) is 0 Å². The molecule has 4 nitrogen and oxygen atoms in total. The summed E-state index contributed by atoms with van der Waals surface area (Å²) in [5, 5.41) is 8.78. The number of nitriles is 1. The molecule has 0 aliphatic rings. The highest BCUT2D eigenvalue weighted by atomic mass is 16.5. The molecule has 0 aromatic heterocycles. The predicted molar refractivity (Wildman–Crippen MR) is 77.6 cm³/mol. The van der Waals surface area contributed by atoms with E-state index >= 15 is 0 Å². The fourth-order valence-electron chi connectivity index (χ4n) is 1.66. The zero-order valence-electron chi connectivity index (χ0n) is 11.1. The average molecular weight is 268 g/mol. The largest absolute Gasteiger partial charge is 0.493 e. The number of nitrogens with two attached hydrogens (primary N) is 1. The Balaban J connectivity index is 1.69. The molecule has 0 bridgehead atoms. The Morgan fingerprint density at radius 2 is 1.65 bits per heavy atom. The molecule has 2 aromatic rings. The lowest BCUT2D eigenvalue weighted by Gasteiger charge is -2.08. The van der Waals surface area contributed by atoms with Crippen molar-refractivity contribution in [3.8, 4) is 17.6 Å². The van der Waals surface area contributed by atoms with Gasteiger partial charge in [-0.15, -0.1) is 0 Å².